The molecule has 2 aromatic heterocycles. The molecule has 1 aliphatic heterocycles. The molecule has 26 heavy (non-hydrogen) atoms. The Hall–Kier alpha value is -2.60. The van der Waals surface area contributed by atoms with Crippen LogP contribution in [0.3, 0.4) is 0 Å². The minimum absolute atomic E-state index is 0.0376. The van der Waals surface area contributed by atoms with Crippen molar-refractivity contribution in [1.29, 1.82) is 0 Å². The highest BCUT2D eigenvalue weighted by Crippen LogP contribution is 2.36. The molecule has 1 aliphatic rings. The molecule has 0 aliphatic carbocycles. The SMILES string of the molecule is Cc1noc(C)c1[C@@H]1CCCN1C(=O)c1cc(-c2ccc(Cl)cc2)on1. The largest absolute Gasteiger partial charge is 0.361 e. The highest BCUT2D eigenvalue weighted by atomic mass is 35.5. The van der Waals surface area contributed by atoms with Crippen molar-refractivity contribution in [1.82, 2.24) is 15.2 Å². The van der Waals surface area contributed by atoms with Gasteiger partial charge in [0, 0.05) is 28.8 Å². The van der Waals surface area contributed by atoms with Gasteiger partial charge in [0.05, 0.1) is 11.7 Å². The molecular weight excluding hydrogens is 354 g/mol. The van der Waals surface area contributed by atoms with Crippen LogP contribution in [0.1, 0.15) is 46.4 Å². The summed E-state index contributed by atoms with van der Waals surface area (Å²) in [4.78, 5) is 14.8. The second-order valence-corrected chi connectivity index (χ2v) is 6.91. The van der Waals surface area contributed by atoms with E-state index in [-0.39, 0.29) is 11.9 Å². The van der Waals surface area contributed by atoms with Crippen molar-refractivity contribution in [3.05, 3.63) is 58.1 Å². The van der Waals surface area contributed by atoms with E-state index in [0.29, 0.717) is 23.0 Å². The maximum absolute atomic E-state index is 13.0. The Balaban J connectivity index is 1.60. The topological polar surface area (TPSA) is 72.4 Å². The molecular formula is C19H18ClN3O3. The first-order valence-corrected chi connectivity index (χ1v) is 8.89. The van der Waals surface area contributed by atoms with Crippen LogP contribution in [0.2, 0.25) is 5.02 Å². The molecule has 3 heterocycles. The summed E-state index contributed by atoms with van der Waals surface area (Å²) in [5.41, 5.74) is 2.95. The first-order chi connectivity index (χ1) is 12.5. The molecule has 4 rings (SSSR count). The van der Waals surface area contributed by atoms with Gasteiger partial charge in [0.15, 0.2) is 11.5 Å². The lowest BCUT2D eigenvalue weighted by Gasteiger charge is -2.23. The number of rotatable bonds is 3. The lowest BCUT2D eigenvalue weighted by Crippen LogP contribution is -2.31. The first kappa shape index (κ1) is 16.8. The molecule has 6 nitrogen and oxygen atoms in total. The van der Waals surface area contributed by atoms with Gasteiger partial charge < -0.3 is 13.9 Å². The molecule has 0 N–H and O–H groups in total. The number of aryl methyl sites for hydroxylation is 2. The predicted molar refractivity (Wildman–Crippen MR) is 95.9 cm³/mol. The number of likely N-dealkylation sites (tertiary alicyclic amines) is 1. The van der Waals surface area contributed by atoms with E-state index in [1.54, 1.807) is 18.2 Å². The summed E-state index contributed by atoms with van der Waals surface area (Å²) in [6, 6.07) is 8.85. The summed E-state index contributed by atoms with van der Waals surface area (Å²) in [6.07, 6.45) is 1.82. The number of carbonyl (C=O) groups is 1. The second-order valence-electron chi connectivity index (χ2n) is 6.48. The maximum atomic E-state index is 13.0. The third kappa shape index (κ3) is 2.90. The standard InChI is InChI=1S/C19H18ClN3O3/c1-11-18(12(2)25-21-11)16-4-3-9-23(16)19(24)15-10-17(26-22-15)13-5-7-14(20)8-6-13/h5-8,10,16H,3-4,9H2,1-2H3/t16-/m0/s1. The highest BCUT2D eigenvalue weighted by molar-refractivity contribution is 6.30. The molecule has 1 aromatic carbocycles. The predicted octanol–water partition coefficient (Wildman–Crippen LogP) is 4.58. The summed E-state index contributed by atoms with van der Waals surface area (Å²) in [5, 5.41) is 8.64. The number of carbonyl (C=O) groups excluding carboxylic acids is 1. The Bertz CT molecular complexity index is 926. The van der Waals surface area contributed by atoms with Gasteiger partial charge in [0.25, 0.3) is 5.91 Å². The number of benzene rings is 1. The Kier molecular flexibility index (Phi) is 4.28. The Morgan fingerprint density at radius 1 is 1.19 bits per heavy atom. The van der Waals surface area contributed by atoms with E-state index in [0.717, 1.165) is 35.4 Å². The minimum Gasteiger partial charge on any atom is -0.361 e. The van der Waals surface area contributed by atoms with Crippen LogP contribution in [0.5, 0.6) is 0 Å². The number of aromatic nitrogens is 2. The van der Waals surface area contributed by atoms with Crippen LogP contribution in [-0.4, -0.2) is 27.7 Å². The fraction of sp³-hybridized carbons (Fsp3) is 0.316. The van der Waals surface area contributed by atoms with Crippen molar-refractivity contribution < 1.29 is 13.8 Å². The zero-order valence-corrected chi connectivity index (χ0v) is 15.3. The van der Waals surface area contributed by atoms with E-state index in [1.165, 1.54) is 0 Å². The van der Waals surface area contributed by atoms with E-state index < -0.39 is 0 Å². The summed E-state index contributed by atoms with van der Waals surface area (Å²) in [7, 11) is 0. The average molecular weight is 372 g/mol. The lowest BCUT2D eigenvalue weighted by atomic mass is 10.0. The third-order valence-corrected chi connectivity index (χ3v) is 5.05. The van der Waals surface area contributed by atoms with Crippen LogP contribution in [0, 0.1) is 13.8 Å². The number of hydrogen-bond donors (Lipinski definition) is 0. The van der Waals surface area contributed by atoms with E-state index in [1.807, 2.05) is 30.9 Å². The van der Waals surface area contributed by atoms with Gasteiger partial charge in [-0.3, -0.25) is 4.79 Å². The van der Waals surface area contributed by atoms with Gasteiger partial charge in [-0.2, -0.15) is 0 Å². The summed E-state index contributed by atoms with van der Waals surface area (Å²) in [6.45, 7) is 4.46. The number of amides is 1. The van der Waals surface area contributed by atoms with Crippen LogP contribution >= 0.6 is 11.6 Å². The molecule has 134 valence electrons. The second kappa shape index (κ2) is 6.61. The van der Waals surface area contributed by atoms with E-state index in [4.69, 9.17) is 20.6 Å². The molecule has 1 amide bonds. The molecule has 1 saturated heterocycles. The van der Waals surface area contributed by atoms with Crippen LogP contribution in [0.4, 0.5) is 0 Å². The average Bonchev–Trinajstić information content (AvgIpc) is 3.35. The number of halogens is 1. The third-order valence-electron chi connectivity index (χ3n) is 4.79. The summed E-state index contributed by atoms with van der Waals surface area (Å²) >= 11 is 5.91. The highest BCUT2D eigenvalue weighted by Gasteiger charge is 2.35. The Morgan fingerprint density at radius 2 is 1.96 bits per heavy atom. The molecule has 7 heteroatoms. The molecule has 0 radical (unpaired) electrons. The zero-order chi connectivity index (χ0) is 18.3. The van der Waals surface area contributed by atoms with Crippen molar-refractivity contribution in [2.24, 2.45) is 0 Å². The van der Waals surface area contributed by atoms with Gasteiger partial charge in [-0.15, -0.1) is 0 Å². The van der Waals surface area contributed by atoms with Crippen molar-refractivity contribution in [2.75, 3.05) is 6.54 Å². The molecule has 0 unspecified atom stereocenters. The summed E-state index contributed by atoms with van der Waals surface area (Å²) < 4.78 is 10.7. The van der Waals surface area contributed by atoms with Crippen molar-refractivity contribution in [3.8, 4) is 11.3 Å². The van der Waals surface area contributed by atoms with Gasteiger partial charge in [-0.05, 0) is 51.0 Å². The van der Waals surface area contributed by atoms with Crippen molar-refractivity contribution in [2.45, 2.75) is 32.7 Å². The van der Waals surface area contributed by atoms with Gasteiger partial charge in [0.1, 0.15) is 5.76 Å². The van der Waals surface area contributed by atoms with Crippen LogP contribution in [0.25, 0.3) is 11.3 Å². The quantitative estimate of drug-likeness (QED) is 0.673. The van der Waals surface area contributed by atoms with Gasteiger partial charge >= 0.3 is 0 Å². The van der Waals surface area contributed by atoms with Crippen molar-refractivity contribution in [3.63, 3.8) is 0 Å². The Morgan fingerprint density at radius 3 is 2.65 bits per heavy atom. The normalized spacial score (nSPS) is 17.0. The molecule has 0 bridgehead atoms. The fourth-order valence-corrected chi connectivity index (χ4v) is 3.68. The smallest absolute Gasteiger partial charge is 0.276 e. The lowest BCUT2D eigenvalue weighted by molar-refractivity contribution is 0.0724. The maximum Gasteiger partial charge on any atom is 0.276 e. The molecule has 3 aromatic rings. The molecule has 0 saturated carbocycles. The summed E-state index contributed by atoms with van der Waals surface area (Å²) in [5.74, 6) is 1.16. The van der Waals surface area contributed by atoms with Gasteiger partial charge in [-0.1, -0.05) is 21.9 Å². The number of nitrogens with zero attached hydrogens (tertiary/aromatic N) is 3. The van der Waals surface area contributed by atoms with Crippen molar-refractivity contribution >= 4 is 17.5 Å². The van der Waals surface area contributed by atoms with Gasteiger partial charge in [-0.25, -0.2) is 0 Å². The number of hydrogen-bond acceptors (Lipinski definition) is 5. The van der Waals surface area contributed by atoms with Gasteiger partial charge in [0.2, 0.25) is 0 Å². The monoisotopic (exact) mass is 371 g/mol. The van der Waals surface area contributed by atoms with E-state index >= 15 is 0 Å². The van der Waals surface area contributed by atoms with Crippen LogP contribution in [0.15, 0.2) is 39.4 Å². The molecule has 1 atom stereocenters. The molecule has 0 spiro atoms. The van der Waals surface area contributed by atoms with E-state index in [2.05, 4.69) is 10.3 Å². The zero-order valence-electron chi connectivity index (χ0n) is 14.5. The van der Waals surface area contributed by atoms with Crippen LogP contribution in [-0.2, 0) is 0 Å². The molecule has 1 fully saturated rings. The van der Waals surface area contributed by atoms with E-state index in [9.17, 15) is 4.79 Å². The fourth-order valence-electron chi connectivity index (χ4n) is 3.55. The minimum atomic E-state index is -0.142. The Labute approximate surface area is 155 Å². The first-order valence-electron chi connectivity index (χ1n) is 8.51. The van der Waals surface area contributed by atoms with Crippen LogP contribution < -0.4 is 0 Å².